The van der Waals surface area contributed by atoms with Crippen molar-refractivity contribution in [3.05, 3.63) is 30.0 Å². The van der Waals surface area contributed by atoms with Gasteiger partial charge in [-0.15, -0.1) is 5.10 Å². The summed E-state index contributed by atoms with van der Waals surface area (Å²) in [5.41, 5.74) is 0. The van der Waals surface area contributed by atoms with E-state index < -0.39 is 0 Å². The number of nitrogens with zero attached hydrogens (tertiary/aromatic N) is 5. The maximum atomic E-state index is 12.6. The molecule has 2 aromatic heterocycles. The van der Waals surface area contributed by atoms with Crippen molar-refractivity contribution in [1.29, 1.82) is 0 Å². The third kappa shape index (κ3) is 4.52. The first-order chi connectivity index (χ1) is 14.3. The molecule has 1 aliphatic heterocycles. The van der Waals surface area contributed by atoms with E-state index in [4.69, 9.17) is 4.42 Å². The molecule has 2 aliphatic rings. The zero-order chi connectivity index (χ0) is 20.1. The minimum Gasteiger partial charge on any atom is -0.459 e. The fourth-order valence-electron chi connectivity index (χ4n) is 4.84. The van der Waals surface area contributed by atoms with Gasteiger partial charge in [0.2, 0.25) is 5.82 Å². The first-order valence-electron chi connectivity index (χ1n) is 11.2. The van der Waals surface area contributed by atoms with Gasteiger partial charge in [0.05, 0.1) is 38.5 Å². The Bertz CT molecular complexity index is 760. The molecule has 158 valence electrons. The third-order valence-electron chi connectivity index (χ3n) is 6.51. The van der Waals surface area contributed by atoms with Crippen molar-refractivity contribution in [3.8, 4) is 0 Å². The molecule has 0 aromatic carbocycles. The number of nitrogens with one attached hydrogen (secondary N) is 1. The van der Waals surface area contributed by atoms with Gasteiger partial charge < -0.3 is 14.2 Å². The van der Waals surface area contributed by atoms with Crippen LogP contribution in [-0.2, 0) is 0 Å². The fraction of sp³-hybridized carbons (Fsp3) is 0.714. The largest absolute Gasteiger partial charge is 0.459 e. The van der Waals surface area contributed by atoms with E-state index in [1.165, 1.54) is 43.4 Å². The fourth-order valence-corrected chi connectivity index (χ4v) is 4.84. The molecule has 1 N–H and O–H groups in total. The maximum absolute atomic E-state index is 12.6. The summed E-state index contributed by atoms with van der Waals surface area (Å²) in [6.45, 7) is 5.54. The lowest BCUT2D eigenvalue weighted by Crippen LogP contribution is -3.15. The van der Waals surface area contributed by atoms with Gasteiger partial charge in [0, 0.05) is 6.42 Å². The SMILES string of the molecule is CCCC[C@@H](c1nnnn1C1CCCCC1)[NH+]1CCN(C(=O)c2ccco2)CC1. The molecule has 0 spiro atoms. The molecule has 0 bridgehead atoms. The van der Waals surface area contributed by atoms with Crippen LogP contribution < -0.4 is 4.90 Å². The van der Waals surface area contributed by atoms with E-state index in [-0.39, 0.29) is 5.91 Å². The highest BCUT2D eigenvalue weighted by molar-refractivity contribution is 5.91. The quantitative estimate of drug-likeness (QED) is 0.768. The van der Waals surface area contributed by atoms with E-state index in [2.05, 4.69) is 27.1 Å². The predicted molar refractivity (Wildman–Crippen MR) is 108 cm³/mol. The molecule has 4 rings (SSSR count). The van der Waals surface area contributed by atoms with Crippen molar-refractivity contribution in [2.45, 2.75) is 70.4 Å². The van der Waals surface area contributed by atoms with Crippen LogP contribution in [0.15, 0.2) is 22.8 Å². The van der Waals surface area contributed by atoms with E-state index in [0.29, 0.717) is 17.8 Å². The third-order valence-corrected chi connectivity index (χ3v) is 6.51. The summed E-state index contributed by atoms with van der Waals surface area (Å²) in [6.07, 6.45) is 11.2. The predicted octanol–water partition coefficient (Wildman–Crippen LogP) is 2.04. The number of rotatable bonds is 7. The van der Waals surface area contributed by atoms with Crippen molar-refractivity contribution in [2.75, 3.05) is 26.2 Å². The Kier molecular flexibility index (Phi) is 6.59. The summed E-state index contributed by atoms with van der Waals surface area (Å²) in [5, 5.41) is 13.0. The molecule has 1 atom stereocenters. The van der Waals surface area contributed by atoms with E-state index >= 15 is 0 Å². The lowest BCUT2D eigenvalue weighted by molar-refractivity contribution is -0.936. The van der Waals surface area contributed by atoms with Gasteiger partial charge in [0.1, 0.15) is 6.04 Å². The normalized spacial score (nSPS) is 20.1. The zero-order valence-electron chi connectivity index (χ0n) is 17.4. The Morgan fingerprint density at radius 3 is 2.76 bits per heavy atom. The summed E-state index contributed by atoms with van der Waals surface area (Å²) in [4.78, 5) is 16.0. The zero-order valence-corrected chi connectivity index (χ0v) is 17.4. The van der Waals surface area contributed by atoms with E-state index in [1.807, 2.05) is 4.90 Å². The topological polar surface area (TPSA) is 81.5 Å². The number of unbranched alkanes of at least 4 members (excludes halogenated alkanes) is 1. The number of piperazine rings is 1. The Morgan fingerprint density at radius 2 is 2.07 bits per heavy atom. The summed E-state index contributed by atoms with van der Waals surface area (Å²) >= 11 is 0. The number of hydrogen-bond donors (Lipinski definition) is 1. The highest BCUT2D eigenvalue weighted by atomic mass is 16.3. The number of carbonyl (C=O) groups excluding carboxylic acids is 1. The summed E-state index contributed by atoms with van der Waals surface area (Å²) in [6, 6.07) is 4.25. The van der Waals surface area contributed by atoms with Crippen molar-refractivity contribution in [1.82, 2.24) is 25.1 Å². The standard InChI is InChI=1S/C21H32N6O2/c1-2-3-10-18(20-22-23-24-27(20)17-8-5-4-6-9-17)25-12-14-26(15-13-25)21(28)19-11-7-16-29-19/h7,11,16-18H,2-6,8-10,12-15H2,1H3/p+1/t18-/m0/s1. The molecule has 1 amide bonds. The van der Waals surface area contributed by atoms with Gasteiger partial charge in [-0.05, 0) is 41.8 Å². The van der Waals surface area contributed by atoms with Crippen LogP contribution in [0.3, 0.4) is 0 Å². The van der Waals surface area contributed by atoms with Gasteiger partial charge in [-0.25, -0.2) is 4.68 Å². The van der Waals surface area contributed by atoms with Gasteiger partial charge in [0.25, 0.3) is 5.91 Å². The smallest absolute Gasteiger partial charge is 0.289 e. The van der Waals surface area contributed by atoms with Crippen molar-refractivity contribution >= 4 is 5.91 Å². The molecule has 1 aliphatic carbocycles. The molecule has 8 heteroatoms. The Labute approximate surface area is 172 Å². The molecule has 3 heterocycles. The first kappa shape index (κ1) is 20.1. The van der Waals surface area contributed by atoms with Crippen LogP contribution in [-0.4, -0.2) is 57.2 Å². The average molecular weight is 402 g/mol. The number of quaternary nitrogens is 1. The van der Waals surface area contributed by atoms with Crippen molar-refractivity contribution in [2.24, 2.45) is 0 Å². The molecule has 0 radical (unpaired) electrons. The molecule has 2 aromatic rings. The van der Waals surface area contributed by atoms with Gasteiger partial charge >= 0.3 is 0 Å². The minimum atomic E-state index is -0.00815. The van der Waals surface area contributed by atoms with E-state index in [0.717, 1.165) is 44.8 Å². The molecule has 1 saturated carbocycles. The van der Waals surface area contributed by atoms with E-state index in [9.17, 15) is 4.79 Å². The van der Waals surface area contributed by atoms with Crippen LogP contribution in [0.25, 0.3) is 0 Å². The minimum absolute atomic E-state index is 0.00815. The second-order valence-electron chi connectivity index (χ2n) is 8.40. The lowest BCUT2D eigenvalue weighted by atomic mass is 9.95. The molecule has 8 nitrogen and oxygen atoms in total. The monoisotopic (exact) mass is 401 g/mol. The highest BCUT2D eigenvalue weighted by Gasteiger charge is 2.35. The van der Waals surface area contributed by atoms with Crippen molar-refractivity contribution < 1.29 is 14.1 Å². The van der Waals surface area contributed by atoms with Crippen molar-refractivity contribution in [3.63, 3.8) is 0 Å². The van der Waals surface area contributed by atoms with Crippen LogP contribution in [0, 0.1) is 0 Å². The number of amides is 1. The number of aromatic nitrogens is 4. The number of furan rings is 1. The molecular weight excluding hydrogens is 368 g/mol. The molecule has 29 heavy (non-hydrogen) atoms. The Morgan fingerprint density at radius 1 is 1.28 bits per heavy atom. The van der Waals surface area contributed by atoms with Gasteiger partial charge in [-0.2, -0.15) is 0 Å². The maximum Gasteiger partial charge on any atom is 0.289 e. The summed E-state index contributed by atoms with van der Waals surface area (Å²) in [7, 11) is 0. The van der Waals surface area contributed by atoms with Crippen LogP contribution in [0.1, 0.15) is 86.8 Å². The first-order valence-corrected chi connectivity index (χ1v) is 11.2. The van der Waals surface area contributed by atoms with Gasteiger partial charge in [-0.3, -0.25) is 4.79 Å². The molecule has 1 saturated heterocycles. The second-order valence-corrected chi connectivity index (χ2v) is 8.40. The lowest BCUT2D eigenvalue weighted by Gasteiger charge is -2.36. The van der Waals surface area contributed by atoms with Gasteiger partial charge in [0.15, 0.2) is 5.76 Å². The number of carbonyl (C=O) groups is 1. The van der Waals surface area contributed by atoms with Crippen LogP contribution >= 0.6 is 0 Å². The van der Waals surface area contributed by atoms with E-state index in [1.54, 1.807) is 18.4 Å². The van der Waals surface area contributed by atoms with Crippen LogP contribution in [0.4, 0.5) is 0 Å². The average Bonchev–Trinajstić information content (AvgIpc) is 3.47. The molecule has 2 fully saturated rings. The highest BCUT2D eigenvalue weighted by Crippen LogP contribution is 2.29. The van der Waals surface area contributed by atoms with Crippen LogP contribution in [0.2, 0.25) is 0 Å². The second kappa shape index (κ2) is 9.52. The molecular formula is C21H33N6O2+. The summed E-state index contributed by atoms with van der Waals surface area (Å²) in [5.74, 6) is 1.47. The van der Waals surface area contributed by atoms with Gasteiger partial charge in [-0.1, -0.05) is 32.6 Å². The molecule has 0 unspecified atom stereocenters. The van der Waals surface area contributed by atoms with Crippen LogP contribution in [0.5, 0.6) is 0 Å². The summed E-state index contributed by atoms with van der Waals surface area (Å²) < 4.78 is 7.42. The Hall–Kier alpha value is -2.22. The Balaban J connectivity index is 1.46. The number of hydrogen-bond acceptors (Lipinski definition) is 5. The number of tetrazole rings is 1.